The maximum Gasteiger partial charge on any atom is 0.0378 e. The molecule has 0 bridgehead atoms. The van der Waals surface area contributed by atoms with Crippen molar-refractivity contribution in [3.63, 3.8) is 0 Å². The summed E-state index contributed by atoms with van der Waals surface area (Å²) in [6.07, 6.45) is 41.4. The number of hydrogen-bond acceptors (Lipinski definition) is 0. The maximum atomic E-state index is 3.37. The molecule has 5 saturated carbocycles. The van der Waals surface area contributed by atoms with Crippen LogP contribution in [0.5, 0.6) is 0 Å². The van der Waals surface area contributed by atoms with Crippen LogP contribution in [0.4, 0.5) is 0 Å². The molecule has 0 aromatic carbocycles. The van der Waals surface area contributed by atoms with E-state index < -0.39 is 35.5 Å². The van der Waals surface area contributed by atoms with E-state index in [9.17, 15) is 0 Å². The quantitative estimate of drug-likeness (QED) is 0.265. The van der Waals surface area contributed by atoms with Gasteiger partial charge in [0.25, 0.3) is 0 Å². The predicted molar refractivity (Wildman–Crippen MR) is 192 cm³/mol. The van der Waals surface area contributed by atoms with Crippen LogP contribution in [0.1, 0.15) is 161 Å². The minimum atomic E-state index is -1.41. The molecule has 0 aromatic heterocycles. The lowest BCUT2D eigenvalue weighted by Crippen LogP contribution is -2.79. The molecule has 40 heavy (non-hydrogen) atoms. The van der Waals surface area contributed by atoms with Gasteiger partial charge >= 0.3 is 0 Å². The lowest BCUT2D eigenvalue weighted by molar-refractivity contribution is 0.482. The van der Waals surface area contributed by atoms with Crippen LogP contribution < -0.4 is 0 Å². The van der Waals surface area contributed by atoms with E-state index in [1.54, 1.807) is 161 Å². The molecular formula is C35H70Si5. The van der Waals surface area contributed by atoms with Gasteiger partial charge in [-0.3, -0.25) is 0 Å². The zero-order valence-electron chi connectivity index (χ0n) is 28.1. The highest BCUT2D eigenvalue weighted by Gasteiger charge is 2.87. The summed E-state index contributed by atoms with van der Waals surface area (Å²) < 4.78 is 0. The summed E-state index contributed by atoms with van der Waals surface area (Å²) in [5.74, 6) is 0. The van der Waals surface area contributed by atoms with E-state index in [-0.39, 0.29) is 0 Å². The van der Waals surface area contributed by atoms with Gasteiger partial charge in [-0.1, -0.05) is 193 Å². The second kappa shape index (κ2) is 12.1. The van der Waals surface area contributed by atoms with Crippen LogP contribution in [-0.2, 0) is 0 Å². The standard InChI is InChI=1S/C35H70Si5/c1-36(31-21-11-6-12-22-31)37(2,32-23-13-7-14-24-32)39(4,34-27-17-9-18-28-34)40(5,35-29-19-10-20-30-35)38(36,3)33-25-15-8-16-26-33/h31-35H,6-30H2,1-5H3. The van der Waals surface area contributed by atoms with Crippen molar-refractivity contribution < 1.29 is 0 Å². The third-order valence-corrected chi connectivity index (χ3v) is 142. The molecule has 0 N–H and O–H groups in total. The summed E-state index contributed by atoms with van der Waals surface area (Å²) in [6.45, 7) is 16.9. The third kappa shape index (κ3) is 4.21. The average Bonchev–Trinajstić information content (AvgIpc) is 3.13. The van der Waals surface area contributed by atoms with Crippen molar-refractivity contribution >= 4 is 35.5 Å². The molecule has 5 heteroatoms. The first-order valence-electron chi connectivity index (χ1n) is 19.3. The molecule has 1 heterocycles. The Hall–Kier alpha value is 1.08. The Labute approximate surface area is 255 Å². The molecule has 0 spiro atoms. The summed E-state index contributed by atoms with van der Waals surface area (Å²) in [5, 5.41) is 0. The average molecular weight is 631 g/mol. The Morgan fingerprint density at radius 1 is 0.225 bits per heavy atom. The van der Waals surface area contributed by atoms with Crippen LogP contribution in [0.2, 0.25) is 60.4 Å². The summed E-state index contributed by atoms with van der Waals surface area (Å²) in [7, 11) is -7.03. The van der Waals surface area contributed by atoms with Crippen LogP contribution >= 0.6 is 0 Å². The first-order chi connectivity index (χ1) is 19.3. The van der Waals surface area contributed by atoms with Crippen LogP contribution in [-0.4, -0.2) is 35.5 Å². The molecule has 6 fully saturated rings. The second-order valence-electron chi connectivity index (χ2n) is 17.7. The highest BCUT2D eigenvalue weighted by atomic mass is 30.2. The molecule has 1 saturated heterocycles. The molecule has 0 amide bonds. The van der Waals surface area contributed by atoms with Crippen molar-refractivity contribution in [2.24, 2.45) is 0 Å². The Balaban J connectivity index is 1.65. The van der Waals surface area contributed by atoms with E-state index in [0.717, 1.165) is 0 Å². The molecule has 0 nitrogen and oxygen atoms in total. The van der Waals surface area contributed by atoms with Crippen molar-refractivity contribution in [1.29, 1.82) is 0 Å². The topological polar surface area (TPSA) is 0 Å². The van der Waals surface area contributed by atoms with Crippen molar-refractivity contribution in [1.82, 2.24) is 0 Å². The molecule has 0 aromatic rings. The highest BCUT2D eigenvalue weighted by molar-refractivity contribution is 8.14. The summed E-state index contributed by atoms with van der Waals surface area (Å²) >= 11 is 0. The zero-order valence-corrected chi connectivity index (χ0v) is 33.1. The van der Waals surface area contributed by atoms with E-state index in [1.165, 1.54) is 27.7 Å². The number of rotatable bonds is 5. The Morgan fingerprint density at radius 3 is 0.475 bits per heavy atom. The fourth-order valence-corrected chi connectivity index (χ4v) is 241. The number of hydrogen-bond donors (Lipinski definition) is 0. The molecule has 230 valence electrons. The van der Waals surface area contributed by atoms with Gasteiger partial charge in [0.05, 0.1) is 0 Å². The van der Waals surface area contributed by atoms with Gasteiger partial charge in [-0.25, -0.2) is 0 Å². The normalized spacial score (nSPS) is 46.1. The lowest BCUT2D eigenvalue weighted by Gasteiger charge is -2.61. The van der Waals surface area contributed by atoms with E-state index in [2.05, 4.69) is 32.7 Å². The van der Waals surface area contributed by atoms with Crippen LogP contribution in [0.3, 0.4) is 0 Å². The minimum absolute atomic E-state index is 1.28. The maximum absolute atomic E-state index is 3.37. The smallest absolute Gasteiger partial charge is 0.0378 e. The predicted octanol–water partition coefficient (Wildman–Crippen LogP) is 12.5. The van der Waals surface area contributed by atoms with E-state index >= 15 is 0 Å². The first kappa shape index (κ1) is 31.1. The van der Waals surface area contributed by atoms with Crippen molar-refractivity contribution in [3.05, 3.63) is 0 Å². The van der Waals surface area contributed by atoms with Gasteiger partial charge < -0.3 is 0 Å². The Kier molecular flexibility index (Phi) is 9.42. The lowest BCUT2D eigenvalue weighted by atomic mass is 10.0. The van der Waals surface area contributed by atoms with Crippen LogP contribution in [0.25, 0.3) is 0 Å². The molecule has 1 aliphatic heterocycles. The monoisotopic (exact) mass is 630 g/mol. The van der Waals surface area contributed by atoms with Gasteiger partial charge in [0.2, 0.25) is 0 Å². The van der Waals surface area contributed by atoms with Crippen molar-refractivity contribution in [3.8, 4) is 0 Å². The Bertz CT molecular complexity index is 667. The molecule has 6 aliphatic rings. The molecule has 0 unspecified atom stereocenters. The summed E-state index contributed by atoms with van der Waals surface area (Å²) in [6, 6.07) is 0. The van der Waals surface area contributed by atoms with Gasteiger partial charge in [0, 0.05) is 35.5 Å². The van der Waals surface area contributed by atoms with Gasteiger partial charge in [0.15, 0.2) is 0 Å². The van der Waals surface area contributed by atoms with E-state index in [0.29, 0.717) is 0 Å². The largest absolute Gasteiger partial charge is 0.0731 e. The van der Waals surface area contributed by atoms with Crippen molar-refractivity contribution in [2.75, 3.05) is 0 Å². The fourth-order valence-electron chi connectivity index (χ4n) is 15.3. The summed E-state index contributed by atoms with van der Waals surface area (Å²) in [4.78, 5) is 0. The SMILES string of the molecule is C[Si]1(C2CCCCC2)[Si](C)(C2CCCCC2)[Si](C)(C2CCCCC2)[Si](C)(C2CCCCC2)[Si]1(C)C1CCCCC1. The van der Waals surface area contributed by atoms with E-state index in [1.807, 2.05) is 0 Å². The molecule has 0 radical (unpaired) electrons. The van der Waals surface area contributed by atoms with Gasteiger partial charge in [0.1, 0.15) is 0 Å². The van der Waals surface area contributed by atoms with Crippen LogP contribution in [0.15, 0.2) is 0 Å². The second-order valence-corrected chi connectivity index (χ2v) is 72.5. The van der Waals surface area contributed by atoms with Crippen molar-refractivity contribution in [2.45, 2.75) is 221 Å². The van der Waals surface area contributed by atoms with Gasteiger partial charge in [-0.05, 0) is 27.7 Å². The molecule has 0 atom stereocenters. The Morgan fingerprint density at radius 2 is 0.350 bits per heavy atom. The molecule has 5 aliphatic carbocycles. The van der Waals surface area contributed by atoms with Gasteiger partial charge in [-0.15, -0.1) is 0 Å². The van der Waals surface area contributed by atoms with Crippen LogP contribution in [0, 0.1) is 0 Å². The highest BCUT2D eigenvalue weighted by Crippen LogP contribution is 2.72. The first-order valence-corrected chi connectivity index (χ1v) is 37.2. The fraction of sp³-hybridized carbons (Fsp3) is 1.00. The van der Waals surface area contributed by atoms with E-state index in [4.69, 9.17) is 0 Å². The summed E-state index contributed by atoms with van der Waals surface area (Å²) in [5.41, 5.74) is 6.42. The third-order valence-electron chi connectivity index (χ3n) is 17.5. The molecular weight excluding hydrogens is 561 g/mol. The van der Waals surface area contributed by atoms with Gasteiger partial charge in [-0.2, -0.15) is 0 Å². The minimum Gasteiger partial charge on any atom is -0.0731 e. The zero-order chi connectivity index (χ0) is 28.1. The molecule has 6 rings (SSSR count).